The average Bonchev–Trinajstić information content (AvgIpc) is 2.67. The number of aryl methyl sites for hydroxylation is 1. The quantitative estimate of drug-likeness (QED) is 0.694. The highest BCUT2D eigenvalue weighted by Crippen LogP contribution is 2.41. The van der Waals surface area contributed by atoms with E-state index in [-0.39, 0.29) is 35.3 Å². The summed E-state index contributed by atoms with van der Waals surface area (Å²) >= 11 is 0. The molecule has 1 unspecified atom stereocenters. The van der Waals surface area contributed by atoms with Crippen molar-refractivity contribution in [2.45, 2.75) is 38.5 Å². The number of hydrogen-bond acceptors (Lipinski definition) is 5. The molecule has 2 N–H and O–H groups in total. The minimum absolute atomic E-state index is 0.0363. The number of anilines is 1. The Balaban J connectivity index is 2.12. The van der Waals surface area contributed by atoms with Crippen LogP contribution in [0, 0.1) is 24.1 Å². The zero-order valence-electron chi connectivity index (χ0n) is 17.8. The summed E-state index contributed by atoms with van der Waals surface area (Å²) in [6, 6.07) is 6.24. The normalized spacial score (nSPS) is 16.7. The molecule has 2 aromatic carbocycles. The summed E-state index contributed by atoms with van der Waals surface area (Å²) in [4.78, 5) is 11.5. The van der Waals surface area contributed by atoms with Crippen LogP contribution in [0.2, 0.25) is 0 Å². The van der Waals surface area contributed by atoms with Crippen LogP contribution in [0.3, 0.4) is 0 Å². The van der Waals surface area contributed by atoms with Crippen molar-refractivity contribution in [3.63, 3.8) is 0 Å². The lowest BCUT2D eigenvalue weighted by Crippen LogP contribution is -2.42. The lowest BCUT2D eigenvalue weighted by molar-refractivity contribution is -0.147. The third kappa shape index (κ3) is 4.32. The fourth-order valence-electron chi connectivity index (χ4n) is 4.06. The number of carbonyl (C=O) groups is 1. The van der Waals surface area contributed by atoms with Crippen molar-refractivity contribution in [2.75, 3.05) is 18.0 Å². The van der Waals surface area contributed by atoms with E-state index in [1.54, 1.807) is 26.8 Å². The van der Waals surface area contributed by atoms with Gasteiger partial charge in [-0.3, -0.25) is 9.10 Å². The number of aliphatic carboxylic acids is 1. The van der Waals surface area contributed by atoms with Gasteiger partial charge in [0.1, 0.15) is 5.75 Å². The number of fused-ring (bicyclic) bond motifs is 1. The number of ether oxygens (including phenoxy) is 1. The molecular formula is C22H26FNO6S. The van der Waals surface area contributed by atoms with Gasteiger partial charge in [-0.15, -0.1) is 0 Å². The molecule has 0 spiro atoms. The number of aromatic hydroxyl groups is 1. The molecule has 3 rings (SSSR count). The molecule has 0 saturated heterocycles. The van der Waals surface area contributed by atoms with Gasteiger partial charge in [-0.1, -0.05) is 0 Å². The molecule has 2 aromatic rings. The first-order valence-corrected chi connectivity index (χ1v) is 11.2. The van der Waals surface area contributed by atoms with E-state index in [4.69, 9.17) is 4.74 Å². The zero-order chi connectivity index (χ0) is 23.1. The zero-order valence-corrected chi connectivity index (χ0v) is 18.7. The predicted octanol–water partition coefficient (Wildman–Crippen LogP) is 3.72. The molecule has 168 valence electrons. The molecule has 1 aliphatic heterocycles. The Hall–Kier alpha value is -2.81. The Morgan fingerprint density at radius 2 is 1.97 bits per heavy atom. The maximum Gasteiger partial charge on any atom is 0.309 e. The second-order valence-corrected chi connectivity index (χ2v) is 10.4. The van der Waals surface area contributed by atoms with Gasteiger partial charge >= 0.3 is 5.97 Å². The van der Waals surface area contributed by atoms with Gasteiger partial charge in [-0.2, -0.15) is 0 Å². The number of halogens is 1. The van der Waals surface area contributed by atoms with Crippen LogP contribution in [0.25, 0.3) is 0 Å². The Morgan fingerprint density at radius 1 is 1.29 bits per heavy atom. The summed E-state index contributed by atoms with van der Waals surface area (Å²) in [5.41, 5.74) is 0.740. The molecular weight excluding hydrogens is 425 g/mol. The summed E-state index contributed by atoms with van der Waals surface area (Å²) in [6.45, 7) is 5.03. The minimum Gasteiger partial charge on any atom is -0.508 e. The average molecular weight is 452 g/mol. The van der Waals surface area contributed by atoms with Gasteiger partial charge in [0, 0.05) is 18.7 Å². The Labute approximate surface area is 181 Å². The fourth-order valence-corrected chi connectivity index (χ4v) is 5.63. The highest BCUT2D eigenvalue weighted by Gasteiger charge is 2.39. The number of methoxy groups -OCH3 is 1. The molecule has 31 heavy (non-hydrogen) atoms. The standard InChI is InChI=1S/C22H26FNO6S/c1-13-7-15(25)9-19-17(13)8-14(11-22(2,3)21(26)27)12-24(19)31(28,29)16-5-6-18(23)20(10-16)30-4/h5-7,9-10,14,25H,8,11-12H2,1-4H3,(H,26,27). The molecule has 0 aromatic heterocycles. The van der Waals surface area contributed by atoms with Gasteiger partial charge in [0.2, 0.25) is 0 Å². The van der Waals surface area contributed by atoms with Crippen molar-refractivity contribution in [1.82, 2.24) is 0 Å². The highest BCUT2D eigenvalue weighted by atomic mass is 32.2. The number of carboxylic acid groups (broad SMARTS) is 1. The van der Waals surface area contributed by atoms with Gasteiger partial charge in [0.15, 0.2) is 11.6 Å². The van der Waals surface area contributed by atoms with Crippen molar-refractivity contribution in [2.24, 2.45) is 11.3 Å². The number of rotatable bonds is 6. The first-order chi connectivity index (χ1) is 14.4. The number of phenolic OH excluding ortho intramolecular Hbond substituents is 1. The number of nitrogens with zero attached hydrogens (tertiary/aromatic N) is 1. The summed E-state index contributed by atoms with van der Waals surface area (Å²) in [5, 5.41) is 19.6. The molecule has 0 saturated carbocycles. The van der Waals surface area contributed by atoms with Crippen LogP contribution < -0.4 is 9.04 Å². The molecule has 1 atom stereocenters. The number of sulfonamides is 1. The van der Waals surface area contributed by atoms with Crippen molar-refractivity contribution in [3.05, 3.63) is 47.3 Å². The largest absolute Gasteiger partial charge is 0.508 e. The lowest BCUT2D eigenvalue weighted by Gasteiger charge is -2.38. The second kappa shape index (κ2) is 8.03. The third-order valence-electron chi connectivity index (χ3n) is 5.71. The van der Waals surface area contributed by atoms with Crippen molar-refractivity contribution in [1.29, 1.82) is 0 Å². The minimum atomic E-state index is -4.14. The smallest absolute Gasteiger partial charge is 0.309 e. The van der Waals surface area contributed by atoms with Gasteiger partial charge in [-0.05, 0) is 68.9 Å². The van der Waals surface area contributed by atoms with Gasteiger partial charge in [0.25, 0.3) is 10.0 Å². The number of phenols is 1. The number of hydrogen-bond donors (Lipinski definition) is 2. The van der Waals surface area contributed by atoms with E-state index in [2.05, 4.69) is 0 Å². The monoisotopic (exact) mass is 451 g/mol. The molecule has 0 radical (unpaired) electrons. The Morgan fingerprint density at radius 3 is 2.58 bits per heavy atom. The van der Waals surface area contributed by atoms with E-state index in [0.717, 1.165) is 23.8 Å². The molecule has 0 fully saturated rings. The van der Waals surface area contributed by atoms with Crippen molar-refractivity contribution >= 4 is 21.7 Å². The van der Waals surface area contributed by atoms with E-state index >= 15 is 0 Å². The van der Waals surface area contributed by atoms with E-state index < -0.39 is 27.2 Å². The Bertz CT molecular complexity index is 1130. The van der Waals surface area contributed by atoms with Crippen LogP contribution in [-0.2, 0) is 21.2 Å². The molecule has 1 aliphatic rings. The highest BCUT2D eigenvalue weighted by molar-refractivity contribution is 7.92. The molecule has 1 heterocycles. The first kappa shape index (κ1) is 22.9. The van der Waals surface area contributed by atoms with E-state index in [0.29, 0.717) is 17.7 Å². The van der Waals surface area contributed by atoms with Crippen LogP contribution in [0.1, 0.15) is 31.4 Å². The van der Waals surface area contributed by atoms with Crippen LogP contribution in [0.15, 0.2) is 35.2 Å². The number of benzene rings is 2. The first-order valence-electron chi connectivity index (χ1n) is 9.79. The van der Waals surface area contributed by atoms with Gasteiger partial charge in [0.05, 0.1) is 23.1 Å². The second-order valence-electron chi connectivity index (χ2n) is 8.56. The van der Waals surface area contributed by atoms with E-state index in [9.17, 15) is 27.8 Å². The van der Waals surface area contributed by atoms with E-state index in [1.807, 2.05) is 0 Å². The summed E-state index contributed by atoms with van der Waals surface area (Å²) < 4.78 is 47.0. The van der Waals surface area contributed by atoms with E-state index in [1.165, 1.54) is 17.5 Å². The topological polar surface area (TPSA) is 104 Å². The summed E-state index contributed by atoms with van der Waals surface area (Å²) in [5.74, 6) is -2.18. The van der Waals surface area contributed by atoms with Gasteiger partial charge in [-0.25, -0.2) is 12.8 Å². The lowest BCUT2D eigenvalue weighted by atomic mass is 9.78. The van der Waals surface area contributed by atoms with Crippen LogP contribution in [0.4, 0.5) is 10.1 Å². The predicted molar refractivity (Wildman–Crippen MR) is 114 cm³/mol. The molecule has 0 bridgehead atoms. The molecule has 9 heteroatoms. The number of carboxylic acids is 1. The SMILES string of the molecule is COc1cc(S(=O)(=O)N2CC(CC(C)(C)C(=O)O)Cc3c(C)cc(O)cc32)ccc1F. The summed E-state index contributed by atoms with van der Waals surface area (Å²) in [6.07, 6.45) is 0.748. The molecule has 0 aliphatic carbocycles. The molecule has 7 nitrogen and oxygen atoms in total. The summed E-state index contributed by atoms with van der Waals surface area (Å²) in [7, 11) is -2.89. The molecule has 0 amide bonds. The van der Waals surface area contributed by atoms with Crippen LogP contribution in [-0.4, -0.2) is 38.3 Å². The van der Waals surface area contributed by atoms with Crippen molar-refractivity contribution in [3.8, 4) is 11.5 Å². The maximum atomic E-state index is 13.8. The third-order valence-corrected chi connectivity index (χ3v) is 7.48. The van der Waals surface area contributed by atoms with Crippen LogP contribution >= 0.6 is 0 Å². The van der Waals surface area contributed by atoms with Crippen molar-refractivity contribution < 1.29 is 32.6 Å². The van der Waals surface area contributed by atoms with Crippen LogP contribution in [0.5, 0.6) is 11.5 Å². The van der Waals surface area contributed by atoms with Gasteiger partial charge < -0.3 is 14.9 Å². The maximum absolute atomic E-state index is 13.8. The fraction of sp³-hybridized carbons (Fsp3) is 0.409. The Kier molecular flexibility index (Phi) is 5.92.